The van der Waals surface area contributed by atoms with Gasteiger partial charge in [-0.1, -0.05) is 43.7 Å². The van der Waals surface area contributed by atoms with Crippen LogP contribution in [0, 0.1) is 0 Å². The van der Waals surface area contributed by atoms with Gasteiger partial charge in [0.2, 0.25) is 5.96 Å². The second-order valence-electron chi connectivity index (χ2n) is 5.64. The Hall–Kier alpha value is -2.96. The molecule has 1 aliphatic heterocycles. The Bertz CT molecular complexity index is 736. The number of amides is 1. The number of esters is 1. The van der Waals surface area contributed by atoms with Crippen LogP contribution in [0.5, 0.6) is 0 Å². The van der Waals surface area contributed by atoms with Crippen LogP contribution in [0.3, 0.4) is 0 Å². The summed E-state index contributed by atoms with van der Waals surface area (Å²) in [6.07, 6.45) is 2.67. The summed E-state index contributed by atoms with van der Waals surface area (Å²) in [5.41, 5.74) is 1.73. The second-order valence-corrected chi connectivity index (χ2v) is 5.64. The van der Waals surface area contributed by atoms with Crippen molar-refractivity contribution >= 4 is 23.5 Å². The average Bonchev–Trinajstić information content (AvgIpc) is 2.91. The minimum absolute atomic E-state index is 0.00297. The first-order chi connectivity index (χ1) is 12.0. The van der Waals surface area contributed by atoms with Crippen molar-refractivity contribution in [2.45, 2.75) is 19.8 Å². The first-order valence-corrected chi connectivity index (χ1v) is 8.01. The van der Waals surface area contributed by atoms with Crippen LogP contribution in [0.1, 0.15) is 25.3 Å². The Kier molecular flexibility index (Phi) is 6.05. The maximum atomic E-state index is 12.6. The van der Waals surface area contributed by atoms with E-state index in [1.54, 1.807) is 19.0 Å². The molecule has 0 spiro atoms. The molecule has 0 atom stereocenters. The highest BCUT2D eigenvalue weighted by molar-refractivity contribution is 6.14. The molecule has 0 radical (unpaired) electrons. The summed E-state index contributed by atoms with van der Waals surface area (Å²) in [5, 5.41) is 5.77. The van der Waals surface area contributed by atoms with Crippen LogP contribution in [0.2, 0.25) is 0 Å². The van der Waals surface area contributed by atoms with Crippen LogP contribution in [-0.4, -0.2) is 54.7 Å². The van der Waals surface area contributed by atoms with Gasteiger partial charge in [0.05, 0.1) is 18.9 Å². The molecule has 0 fully saturated rings. The lowest BCUT2D eigenvalue weighted by molar-refractivity contribution is -0.135. The molecule has 132 valence electrons. The number of carbonyl (C=O) groups is 2. The lowest BCUT2D eigenvalue weighted by Crippen LogP contribution is -2.37. The number of aliphatic imine (C=N–C) groups is 1. The molecule has 0 N–H and O–H groups in total. The van der Waals surface area contributed by atoms with Crippen molar-refractivity contribution in [1.82, 2.24) is 9.91 Å². The van der Waals surface area contributed by atoms with Crippen molar-refractivity contribution in [3.8, 4) is 0 Å². The highest BCUT2D eigenvalue weighted by Crippen LogP contribution is 2.19. The van der Waals surface area contributed by atoms with E-state index in [-0.39, 0.29) is 5.70 Å². The van der Waals surface area contributed by atoms with Crippen LogP contribution >= 0.6 is 0 Å². The molecular weight excluding hydrogens is 320 g/mol. The van der Waals surface area contributed by atoms with E-state index < -0.39 is 11.9 Å². The normalized spacial score (nSPS) is 16.2. The molecule has 1 aromatic carbocycles. The van der Waals surface area contributed by atoms with Crippen LogP contribution in [0.4, 0.5) is 0 Å². The summed E-state index contributed by atoms with van der Waals surface area (Å²) in [5.74, 6) is -0.740. The van der Waals surface area contributed by atoms with Gasteiger partial charge in [-0.2, -0.15) is 10.1 Å². The molecule has 0 saturated heterocycles. The van der Waals surface area contributed by atoms with Crippen LogP contribution in [0.25, 0.3) is 0 Å². The zero-order chi connectivity index (χ0) is 18.4. The molecule has 0 aliphatic carbocycles. The third-order valence-corrected chi connectivity index (χ3v) is 3.49. The molecule has 0 aromatic heterocycles. The monoisotopic (exact) mass is 342 g/mol. The number of hydrogen-bond donors (Lipinski definition) is 0. The zero-order valence-electron chi connectivity index (χ0n) is 14.9. The number of nitrogens with zero attached hydrogens (tertiary/aromatic N) is 4. The van der Waals surface area contributed by atoms with Gasteiger partial charge in [-0.15, -0.1) is 0 Å². The zero-order valence-corrected chi connectivity index (χ0v) is 14.9. The van der Waals surface area contributed by atoms with E-state index >= 15 is 0 Å². The van der Waals surface area contributed by atoms with Gasteiger partial charge >= 0.3 is 5.97 Å². The van der Waals surface area contributed by atoms with E-state index in [0.717, 1.165) is 23.8 Å². The van der Waals surface area contributed by atoms with Crippen molar-refractivity contribution in [2.24, 2.45) is 10.1 Å². The number of hydrazone groups is 1. The third kappa shape index (κ3) is 4.32. The maximum Gasteiger partial charge on any atom is 0.332 e. The standard InChI is InChI=1S/C18H22N4O3/c1-5-9-14(13-10-7-6-8-11-13)20-22-17(24)15(12-16(23)25-4)19-18(22)21(2)3/h6-8,10-12H,5,9H2,1-4H3/b15-12-,20-14+. The third-order valence-electron chi connectivity index (χ3n) is 3.49. The Balaban J connectivity index is 2.44. The number of methoxy groups -OCH3 is 1. The van der Waals surface area contributed by atoms with Gasteiger partial charge in [0.1, 0.15) is 5.70 Å². The van der Waals surface area contributed by atoms with Crippen LogP contribution in [0.15, 0.2) is 52.2 Å². The highest BCUT2D eigenvalue weighted by atomic mass is 16.5. The molecular formula is C18H22N4O3. The van der Waals surface area contributed by atoms with Gasteiger partial charge in [0, 0.05) is 14.1 Å². The lowest BCUT2D eigenvalue weighted by atomic mass is 10.1. The quantitative estimate of drug-likeness (QED) is 0.466. The van der Waals surface area contributed by atoms with Crippen LogP contribution < -0.4 is 0 Å². The molecule has 7 nitrogen and oxygen atoms in total. The van der Waals surface area contributed by atoms with E-state index in [4.69, 9.17) is 0 Å². The number of guanidine groups is 1. The molecule has 0 bridgehead atoms. The smallest absolute Gasteiger partial charge is 0.332 e. The van der Waals surface area contributed by atoms with E-state index in [0.29, 0.717) is 12.4 Å². The van der Waals surface area contributed by atoms with E-state index in [1.807, 2.05) is 37.3 Å². The number of hydrogen-bond acceptors (Lipinski definition) is 6. The summed E-state index contributed by atoms with van der Waals surface area (Å²) in [6, 6.07) is 9.68. The minimum atomic E-state index is -0.632. The van der Waals surface area contributed by atoms with Crippen LogP contribution in [-0.2, 0) is 14.3 Å². The summed E-state index contributed by atoms with van der Waals surface area (Å²) in [6.45, 7) is 2.05. The molecule has 25 heavy (non-hydrogen) atoms. The van der Waals surface area contributed by atoms with Crippen molar-refractivity contribution in [1.29, 1.82) is 0 Å². The van der Waals surface area contributed by atoms with Gasteiger partial charge in [0.25, 0.3) is 5.91 Å². The van der Waals surface area contributed by atoms with E-state index in [1.165, 1.54) is 12.1 Å². The molecule has 0 unspecified atom stereocenters. The van der Waals surface area contributed by atoms with Gasteiger partial charge in [-0.25, -0.2) is 9.79 Å². The number of rotatable bonds is 5. The van der Waals surface area contributed by atoms with Crippen molar-refractivity contribution in [3.05, 3.63) is 47.7 Å². The molecule has 2 rings (SSSR count). The summed E-state index contributed by atoms with van der Waals surface area (Å²) in [7, 11) is 4.77. The SMILES string of the molecule is CCC/C(=N\N1C(=O)/C(=C/C(=O)OC)N=C1N(C)C)c1ccccc1. The van der Waals surface area contributed by atoms with Gasteiger partial charge < -0.3 is 9.64 Å². The summed E-state index contributed by atoms with van der Waals surface area (Å²) in [4.78, 5) is 30.0. The predicted octanol–water partition coefficient (Wildman–Crippen LogP) is 2.01. The average molecular weight is 342 g/mol. The molecule has 1 aromatic rings. The lowest BCUT2D eigenvalue weighted by Gasteiger charge is -2.19. The number of ether oxygens (including phenoxy) is 1. The molecule has 1 heterocycles. The minimum Gasteiger partial charge on any atom is -0.466 e. The fourth-order valence-electron chi connectivity index (χ4n) is 2.29. The number of carbonyl (C=O) groups excluding carboxylic acids is 2. The highest BCUT2D eigenvalue weighted by Gasteiger charge is 2.33. The summed E-state index contributed by atoms with van der Waals surface area (Å²) >= 11 is 0. The second kappa shape index (κ2) is 8.23. The Morgan fingerprint density at radius 3 is 2.56 bits per heavy atom. The molecule has 0 saturated carbocycles. The van der Waals surface area contributed by atoms with Crippen molar-refractivity contribution in [3.63, 3.8) is 0 Å². The Morgan fingerprint density at radius 2 is 2.00 bits per heavy atom. The maximum absolute atomic E-state index is 12.6. The predicted molar refractivity (Wildman–Crippen MR) is 96.0 cm³/mol. The van der Waals surface area contributed by atoms with Gasteiger partial charge in [0.15, 0.2) is 0 Å². The van der Waals surface area contributed by atoms with Crippen molar-refractivity contribution in [2.75, 3.05) is 21.2 Å². The van der Waals surface area contributed by atoms with E-state index in [2.05, 4.69) is 14.8 Å². The fraction of sp³-hybridized carbons (Fsp3) is 0.333. The first-order valence-electron chi connectivity index (χ1n) is 8.01. The number of benzene rings is 1. The Morgan fingerprint density at radius 1 is 1.32 bits per heavy atom. The fourth-order valence-corrected chi connectivity index (χ4v) is 2.29. The van der Waals surface area contributed by atoms with Gasteiger partial charge in [-0.05, 0) is 12.0 Å². The largest absolute Gasteiger partial charge is 0.466 e. The topological polar surface area (TPSA) is 74.6 Å². The summed E-state index contributed by atoms with van der Waals surface area (Å²) < 4.78 is 4.58. The Labute approximate surface area is 147 Å². The first kappa shape index (κ1) is 18.4. The van der Waals surface area contributed by atoms with E-state index in [9.17, 15) is 9.59 Å². The molecule has 1 amide bonds. The molecule has 1 aliphatic rings. The van der Waals surface area contributed by atoms with Gasteiger partial charge in [-0.3, -0.25) is 4.79 Å². The molecule has 7 heteroatoms. The van der Waals surface area contributed by atoms with Crippen molar-refractivity contribution < 1.29 is 14.3 Å².